The van der Waals surface area contributed by atoms with E-state index in [1.54, 1.807) is 0 Å². The summed E-state index contributed by atoms with van der Waals surface area (Å²) in [6.07, 6.45) is 0.740. The Bertz CT molecular complexity index is 428. The van der Waals surface area contributed by atoms with Gasteiger partial charge in [0.25, 0.3) is 0 Å². The summed E-state index contributed by atoms with van der Waals surface area (Å²) in [5.74, 6) is 0.291. The summed E-state index contributed by atoms with van der Waals surface area (Å²) < 4.78 is 25.1. The van der Waals surface area contributed by atoms with Crippen molar-refractivity contribution in [1.82, 2.24) is 0 Å². The van der Waals surface area contributed by atoms with Gasteiger partial charge in [-0.1, -0.05) is 0 Å². The highest BCUT2D eigenvalue weighted by Gasteiger charge is 2.23. The molecule has 1 atom stereocenters. The number of nitrogens with two attached hydrogens (primary N) is 1. The van der Waals surface area contributed by atoms with Gasteiger partial charge in [0, 0.05) is 12.0 Å². The van der Waals surface area contributed by atoms with Crippen molar-refractivity contribution in [1.29, 1.82) is 0 Å². The number of hydrogen-bond donors (Lipinski definition) is 2. The topological polar surface area (TPSA) is 64.7 Å². The first-order valence-electron chi connectivity index (χ1n) is 5.29. The van der Waals surface area contributed by atoms with E-state index in [-0.39, 0.29) is 16.6 Å². The summed E-state index contributed by atoms with van der Waals surface area (Å²) in [5.41, 5.74) is 5.84. The first-order chi connectivity index (χ1) is 8.15. The van der Waals surface area contributed by atoms with Crippen molar-refractivity contribution >= 4 is 15.9 Å². The molecular formula is C11H13BrFNO3. The fourth-order valence-corrected chi connectivity index (χ4v) is 2.17. The highest BCUT2D eigenvalue weighted by molar-refractivity contribution is 9.10. The van der Waals surface area contributed by atoms with E-state index < -0.39 is 11.9 Å². The van der Waals surface area contributed by atoms with Crippen LogP contribution in [0.2, 0.25) is 0 Å². The van der Waals surface area contributed by atoms with Crippen molar-refractivity contribution in [3.63, 3.8) is 0 Å². The first-order valence-corrected chi connectivity index (χ1v) is 6.08. The van der Waals surface area contributed by atoms with Crippen LogP contribution in [0.1, 0.15) is 18.0 Å². The Balaban J connectivity index is 2.51. The van der Waals surface area contributed by atoms with E-state index in [2.05, 4.69) is 15.9 Å². The molecule has 3 N–H and O–H groups in total. The predicted octanol–water partition coefficient (Wildman–Crippen LogP) is 1.74. The molecule has 1 aromatic carbocycles. The average molecular weight is 306 g/mol. The molecule has 1 aliphatic heterocycles. The number of rotatable bonds is 2. The van der Waals surface area contributed by atoms with Crippen LogP contribution in [-0.4, -0.2) is 24.9 Å². The van der Waals surface area contributed by atoms with Gasteiger partial charge in [-0.2, -0.15) is 0 Å². The van der Waals surface area contributed by atoms with Crippen LogP contribution in [0.4, 0.5) is 4.39 Å². The second-order valence-electron chi connectivity index (χ2n) is 3.76. The van der Waals surface area contributed by atoms with E-state index >= 15 is 0 Å². The SMILES string of the molecule is NC(CO)c1cc2c(c(Br)c1F)OCCCO2. The van der Waals surface area contributed by atoms with E-state index in [9.17, 15) is 4.39 Å². The summed E-state index contributed by atoms with van der Waals surface area (Å²) in [6, 6.07) is 0.713. The Kier molecular flexibility index (Phi) is 3.86. The van der Waals surface area contributed by atoms with Crippen molar-refractivity contribution in [3.05, 3.63) is 21.9 Å². The van der Waals surface area contributed by atoms with Gasteiger partial charge in [-0.05, 0) is 22.0 Å². The number of benzene rings is 1. The molecule has 2 rings (SSSR count). The molecule has 0 saturated carbocycles. The molecule has 94 valence electrons. The predicted molar refractivity (Wildman–Crippen MR) is 63.7 cm³/mol. The maximum atomic E-state index is 14.0. The van der Waals surface area contributed by atoms with Crippen LogP contribution in [0.25, 0.3) is 0 Å². The Labute approximate surface area is 107 Å². The second kappa shape index (κ2) is 5.20. The van der Waals surface area contributed by atoms with E-state index in [4.69, 9.17) is 20.3 Å². The number of aliphatic hydroxyl groups excluding tert-OH is 1. The fourth-order valence-electron chi connectivity index (χ4n) is 1.63. The summed E-state index contributed by atoms with van der Waals surface area (Å²) >= 11 is 3.13. The highest BCUT2D eigenvalue weighted by atomic mass is 79.9. The van der Waals surface area contributed by atoms with Crippen LogP contribution in [0.5, 0.6) is 11.5 Å². The van der Waals surface area contributed by atoms with Gasteiger partial charge >= 0.3 is 0 Å². The van der Waals surface area contributed by atoms with Gasteiger partial charge in [0.15, 0.2) is 11.5 Å². The third-order valence-corrected chi connectivity index (χ3v) is 3.25. The monoisotopic (exact) mass is 305 g/mol. The zero-order valence-electron chi connectivity index (χ0n) is 9.08. The quantitative estimate of drug-likeness (QED) is 0.873. The minimum Gasteiger partial charge on any atom is -0.490 e. The Morgan fingerprint density at radius 3 is 2.88 bits per heavy atom. The summed E-state index contributed by atoms with van der Waals surface area (Å²) in [5, 5.41) is 8.98. The van der Waals surface area contributed by atoms with Gasteiger partial charge in [0.2, 0.25) is 0 Å². The van der Waals surface area contributed by atoms with Crippen LogP contribution in [0, 0.1) is 5.82 Å². The van der Waals surface area contributed by atoms with E-state index in [1.807, 2.05) is 0 Å². The number of ether oxygens (including phenoxy) is 2. The standard InChI is InChI=1S/C11H13BrFNO3/c12-9-10(13)6(7(14)5-15)4-8-11(9)17-3-1-2-16-8/h4,7,15H,1-3,5,14H2. The van der Waals surface area contributed by atoms with Crippen LogP contribution in [-0.2, 0) is 0 Å². The fraction of sp³-hybridized carbons (Fsp3) is 0.455. The summed E-state index contributed by atoms with van der Waals surface area (Å²) in [7, 11) is 0. The van der Waals surface area contributed by atoms with E-state index in [1.165, 1.54) is 6.07 Å². The molecule has 0 spiro atoms. The van der Waals surface area contributed by atoms with Gasteiger partial charge in [-0.3, -0.25) is 0 Å². The lowest BCUT2D eigenvalue weighted by Gasteiger charge is -2.16. The van der Waals surface area contributed by atoms with Crippen LogP contribution >= 0.6 is 15.9 Å². The molecule has 1 aromatic rings. The van der Waals surface area contributed by atoms with E-state index in [0.717, 1.165) is 6.42 Å². The van der Waals surface area contributed by atoms with Crippen molar-refractivity contribution < 1.29 is 19.0 Å². The lowest BCUT2D eigenvalue weighted by atomic mass is 10.1. The van der Waals surface area contributed by atoms with E-state index in [0.29, 0.717) is 24.7 Å². The van der Waals surface area contributed by atoms with Crippen LogP contribution in [0.15, 0.2) is 10.5 Å². The molecule has 1 aliphatic rings. The summed E-state index contributed by atoms with van der Waals surface area (Å²) in [4.78, 5) is 0. The second-order valence-corrected chi connectivity index (χ2v) is 4.55. The maximum absolute atomic E-state index is 14.0. The zero-order chi connectivity index (χ0) is 12.4. The van der Waals surface area contributed by atoms with Gasteiger partial charge in [-0.15, -0.1) is 0 Å². The molecular weight excluding hydrogens is 293 g/mol. The number of fused-ring (bicyclic) bond motifs is 1. The number of hydrogen-bond acceptors (Lipinski definition) is 4. The maximum Gasteiger partial charge on any atom is 0.178 e. The highest BCUT2D eigenvalue weighted by Crippen LogP contribution is 2.41. The van der Waals surface area contributed by atoms with Crippen molar-refractivity contribution in [3.8, 4) is 11.5 Å². The number of aliphatic hydroxyl groups is 1. The molecule has 0 aliphatic carbocycles. The van der Waals surface area contributed by atoms with Crippen LogP contribution < -0.4 is 15.2 Å². The zero-order valence-corrected chi connectivity index (χ0v) is 10.7. The number of halogens is 2. The molecule has 1 heterocycles. The third kappa shape index (κ3) is 2.38. The molecule has 4 nitrogen and oxygen atoms in total. The average Bonchev–Trinajstić information content (AvgIpc) is 2.58. The molecule has 17 heavy (non-hydrogen) atoms. The molecule has 1 unspecified atom stereocenters. The molecule has 0 bridgehead atoms. The Morgan fingerprint density at radius 1 is 1.47 bits per heavy atom. The minimum absolute atomic E-state index is 0.191. The summed E-state index contributed by atoms with van der Waals surface area (Å²) in [6.45, 7) is 0.665. The van der Waals surface area contributed by atoms with Crippen molar-refractivity contribution in [2.45, 2.75) is 12.5 Å². The minimum atomic E-state index is -0.775. The van der Waals surface area contributed by atoms with Crippen molar-refractivity contribution in [2.24, 2.45) is 5.73 Å². The van der Waals surface area contributed by atoms with Gasteiger partial charge in [-0.25, -0.2) is 4.39 Å². The normalized spacial score (nSPS) is 16.5. The molecule has 0 fully saturated rings. The molecule has 0 radical (unpaired) electrons. The lowest BCUT2D eigenvalue weighted by molar-refractivity contribution is 0.264. The van der Waals surface area contributed by atoms with Gasteiger partial charge < -0.3 is 20.3 Å². The van der Waals surface area contributed by atoms with Crippen LogP contribution in [0.3, 0.4) is 0 Å². The molecule has 0 saturated heterocycles. The first kappa shape index (κ1) is 12.6. The Hall–Kier alpha value is -0.850. The molecule has 0 amide bonds. The lowest BCUT2D eigenvalue weighted by Crippen LogP contribution is -2.16. The smallest absolute Gasteiger partial charge is 0.178 e. The van der Waals surface area contributed by atoms with Gasteiger partial charge in [0.05, 0.1) is 30.3 Å². The third-order valence-electron chi connectivity index (χ3n) is 2.54. The van der Waals surface area contributed by atoms with Crippen molar-refractivity contribution in [2.75, 3.05) is 19.8 Å². The largest absolute Gasteiger partial charge is 0.490 e. The van der Waals surface area contributed by atoms with Gasteiger partial charge in [0.1, 0.15) is 5.82 Å². The molecule has 0 aromatic heterocycles. The molecule has 6 heteroatoms. The Morgan fingerprint density at radius 2 is 2.18 bits per heavy atom.